The molecule has 0 aliphatic heterocycles. The Balaban J connectivity index is 1.69. The van der Waals surface area contributed by atoms with Gasteiger partial charge in [0.05, 0.1) is 6.61 Å². The molecule has 2 N–H and O–H groups in total. The molecular weight excluding hydrogens is 282 g/mol. The Hall–Kier alpha value is -1.51. The van der Waals surface area contributed by atoms with Gasteiger partial charge in [0, 0.05) is 17.0 Å². The molecule has 0 bridgehead atoms. The quantitative estimate of drug-likeness (QED) is 0.907. The fourth-order valence-electron chi connectivity index (χ4n) is 2.90. The Morgan fingerprint density at radius 2 is 2.10 bits per heavy atom. The maximum Gasteiger partial charge on any atom is 0.122 e. The standard InChI is InChI=1S/C18H20ClNO/c1-12(20)8-14-10-16(19)6-7-18(14)21-11-15-9-13-4-2-3-5-17(13)15/h2-7,10,12,15H,8-9,11,20H2,1H3. The highest BCUT2D eigenvalue weighted by atomic mass is 35.5. The van der Waals surface area contributed by atoms with Crippen LogP contribution in [0.2, 0.25) is 5.02 Å². The molecule has 2 aromatic rings. The molecule has 0 spiro atoms. The molecule has 2 nitrogen and oxygen atoms in total. The van der Waals surface area contributed by atoms with Crippen LogP contribution >= 0.6 is 11.6 Å². The van der Waals surface area contributed by atoms with Crippen molar-refractivity contribution in [2.75, 3.05) is 6.61 Å². The van der Waals surface area contributed by atoms with Crippen LogP contribution < -0.4 is 10.5 Å². The van der Waals surface area contributed by atoms with Crippen LogP contribution in [0.4, 0.5) is 0 Å². The molecule has 0 aromatic heterocycles. The first-order chi connectivity index (χ1) is 10.1. The number of hydrogen-bond donors (Lipinski definition) is 1. The molecule has 1 aliphatic rings. The molecule has 1 aliphatic carbocycles. The molecule has 2 unspecified atom stereocenters. The van der Waals surface area contributed by atoms with Gasteiger partial charge in [-0.05, 0) is 54.7 Å². The summed E-state index contributed by atoms with van der Waals surface area (Å²) < 4.78 is 6.04. The van der Waals surface area contributed by atoms with Crippen LogP contribution in [0.1, 0.15) is 29.5 Å². The molecule has 110 valence electrons. The van der Waals surface area contributed by atoms with Crippen LogP contribution in [0, 0.1) is 0 Å². The van der Waals surface area contributed by atoms with Gasteiger partial charge in [0.15, 0.2) is 0 Å². The van der Waals surface area contributed by atoms with E-state index in [1.807, 2.05) is 25.1 Å². The molecular formula is C18H20ClNO. The second-order valence-corrected chi connectivity index (χ2v) is 6.28. The van der Waals surface area contributed by atoms with Crippen LogP contribution in [-0.2, 0) is 12.8 Å². The minimum absolute atomic E-state index is 0.0928. The molecule has 2 aromatic carbocycles. The van der Waals surface area contributed by atoms with E-state index in [2.05, 4.69) is 24.3 Å². The predicted molar refractivity (Wildman–Crippen MR) is 87.2 cm³/mol. The fourth-order valence-corrected chi connectivity index (χ4v) is 3.09. The Kier molecular flexibility index (Phi) is 4.18. The highest BCUT2D eigenvalue weighted by Gasteiger charge is 2.26. The average molecular weight is 302 g/mol. The first kappa shape index (κ1) is 14.4. The largest absolute Gasteiger partial charge is 0.493 e. The van der Waals surface area contributed by atoms with Crippen molar-refractivity contribution in [1.29, 1.82) is 0 Å². The number of fused-ring (bicyclic) bond motifs is 1. The zero-order valence-corrected chi connectivity index (χ0v) is 12.9. The van der Waals surface area contributed by atoms with Gasteiger partial charge in [-0.2, -0.15) is 0 Å². The number of nitrogens with two attached hydrogens (primary N) is 1. The van der Waals surface area contributed by atoms with E-state index in [9.17, 15) is 0 Å². The summed E-state index contributed by atoms with van der Waals surface area (Å²) in [5.41, 5.74) is 9.85. The van der Waals surface area contributed by atoms with Gasteiger partial charge in [0.1, 0.15) is 5.75 Å². The van der Waals surface area contributed by atoms with Crippen LogP contribution in [0.3, 0.4) is 0 Å². The highest BCUT2D eigenvalue weighted by molar-refractivity contribution is 6.30. The van der Waals surface area contributed by atoms with Crippen molar-refractivity contribution in [2.24, 2.45) is 5.73 Å². The minimum Gasteiger partial charge on any atom is -0.493 e. The van der Waals surface area contributed by atoms with Crippen molar-refractivity contribution in [3.63, 3.8) is 0 Å². The lowest BCUT2D eigenvalue weighted by Gasteiger charge is -2.30. The van der Waals surface area contributed by atoms with Crippen LogP contribution in [0.15, 0.2) is 42.5 Å². The van der Waals surface area contributed by atoms with Crippen LogP contribution in [-0.4, -0.2) is 12.6 Å². The molecule has 0 amide bonds. The lowest BCUT2D eigenvalue weighted by atomic mass is 9.78. The molecule has 0 heterocycles. The first-order valence-electron chi connectivity index (χ1n) is 7.38. The third-order valence-corrected chi connectivity index (χ3v) is 4.20. The van der Waals surface area contributed by atoms with E-state index in [0.717, 1.165) is 29.2 Å². The monoisotopic (exact) mass is 301 g/mol. The van der Waals surface area contributed by atoms with Gasteiger partial charge in [0.25, 0.3) is 0 Å². The number of rotatable bonds is 5. The van der Waals surface area contributed by atoms with Gasteiger partial charge in [-0.3, -0.25) is 0 Å². The topological polar surface area (TPSA) is 35.2 Å². The summed E-state index contributed by atoms with van der Waals surface area (Å²) in [6, 6.07) is 14.4. The minimum atomic E-state index is 0.0928. The summed E-state index contributed by atoms with van der Waals surface area (Å²) in [4.78, 5) is 0. The van der Waals surface area contributed by atoms with Crippen molar-refractivity contribution in [3.8, 4) is 5.75 Å². The lowest BCUT2D eigenvalue weighted by molar-refractivity contribution is 0.272. The summed E-state index contributed by atoms with van der Waals surface area (Å²) in [5, 5.41) is 0.729. The van der Waals surface area contributed by atoms with Gasteiger partial charge < -0.3 is 10.5 Å². The summed E-state index contributed by atoms with van der Waals surface area (Å²) in [6.45, 7) is 2.71. The van der Waals surface area contributed by atoms with Crippen LogP contribution in [0.25, 0.3) is 0 Å². The second-order valence-electron chi connectivity index (χ2n) is 5.84. The number of benzene rings is 2. The van der Waals surface area contributed by atoms with Crippen molar-refractivity contribution >= 4 is 11.6 Å². The molecule has 3 rings (SSSR count). The number of halogens is 1. The third kappa shape index (κ3) is 3.22. The maximum atomic E-state index is 6.07. The Morgan fingerprint density at radius 1 is 1.29 bits per heavy atom. The van der Waals surface area contributed by atoms with E-state index < -0.39 is 0 Å². The summed E-state index contributed by atoms with van der Waals surface area (Å²) in [6.07, 6.45) is 1.88. The zero-order valence-electron chi connectivity index (χ0n) is 12.2. The lowest BCUT2D eigenvalue weighted by Crippen LogP contribution is -2.24. The molecule has 0 saturated heterocycles. The molecule has 21 heavy (non-hydrogen) atoms. The maximum absolute atomic E-state index is 6.07. The Bertz CT molecular complexity index is 639. The average Bonchev–Trinajstić information content (AvgIpc) is 2.41. The third-order valence-electron chi connectivity index (χ3n) is 3.97. The fraction of sp³-hybridized carbons (Fsp3) is 0.333. The van der Waals surface area contributed by atoms with Gasteiger partial charge in [0.2, 0.25) is 0 Å². The van der Waals surface area contributed by atoms with Crippen molar-refractivity contribution in [3.05, 3.63) is 64.2 Å². The molecule has 0 fully saturated rings. The van der Waals surface area contributed by atoms with E-state index in [1.165, 1.54) is 11.1 Å². The Morgan fingerprint density at radius 3 is 2.86 bits per heavy atom. The van der Waals surface area contributed by atoms with Gasteiger partial charge in [-0.1, -0.05) is 35.9 Å². The smallest absolute Gasteiger partial charge is 0.122 e. The normalized spacial score (nSPS) is 17.8. The summed E-state index contributed by atoms with van der Waals surface area (Å²) in [5.74, 6) is 1.40. The van der Waals surface area contributed by atoms with E-state index in [0.29, 0.717) is 12.5 Å². The van der Waals surface area contributed by atoms with Crippen molar-refractivity contribution in [1.82, 2.24) is 0 Å². The summed E-state index contributed by atoms with van der Waals surface area (Å²) >= 11 is 6.07. The molecule has 0 radical (unpaired) electrons. The van der Waals surface area contributed by atoms with Crippen molar-refractivity contribution < 1.29 is 4.74 Å². The van der Waals surface area contributed by atoms with E-state index >= 15 is 0 Å². The molecule has 3 heteroatoms. The Labute approximate surface area is 130 Å². The van der Waals surface area contributed by atoms with Gasteiger partial charge in [-0.25, -0.2) is 0 Å². The van der Waals surface area contributed by atoms with Gasteiger partial charge >= 0.3 is 0 Å². The highest BCUT2D eigenvalue weighted by Crippen LogP contribution is 2.35. The second kappa shape index (κ2) is 6.08. The van der Waals surface area contributed by atoms with Crippen LogP contribution in [0.5, 0.6) is 5.75 Å². The zero-order chi connectivity index (χ0) is 14.8. The van der Waals surface area contributed by atoms with E-state index in [4.69, 9.17) is 22.1 Å². The summed E-state index contributed by atoms with van der Waals surface area (Å²) in [7, 11) is 0. The number of hydrogen-bond acceptors (Lipinski definition) is 2. The molecule has 0 saturated carbocycles. The first-order valence-corrected chi connectivity index (χ1v) is 7.76. The SMILES string of the molecule is CC(N)Cc1cc(Cl)ccc1OCC1Cc2ccccc21. The van der Waals surface area contributed by atoms with E-state index in [-0.39, 0.29) is 6.04 Å². The van der Waals surface area contributed by atoms with Crippen molar-refractivity contribution in [2.45, 2.75) is 31.7 Å². The number of ether oxygens (including phenoxy) is 1. The predicted octanol–water partition coefficient (Wildman–Crippen LogP) is 3.95. The van der Waals surface area contributed by atoms with E-state index in [1.54, 1.807) is 0 Å². The molecule has 2 atom stereocenters. The van der Waals surface area contributed by atoms with Gasteiger partial charge in [-0.15, -0.1) is 0 Å².